The molecule has 2 unspecified atom stereocenters. The van der Waals surface area contributed by atoms with Crippen molar-refractivity contribution in [2.45, 2.75) is 77.9 Å². The Morgan fingerprint density at radius 1 is 1.19 bits per heavy atom. The average Bonchev–Trinajstić information content (AvgIpc) is 2.80. The van der Waals surface area contributed by atoms with Crippen molar-refractivity contribution in [1.82, 2.24) is 9.80 Å². The molecule has 0 aliphatic carbocycles. The number of fused-ring (bicyclic) bond motifs is 1. The molecule has 2 heterocycles. The minimum Gasteiger partial charge on any atom is -0.507 e. The number of urea groups is 1. The Morgan fingerprint density at radius 3 is 2.42 bits per heavy atom. The van der Waals surface area contributed by atoms with Crippen LogP contribution in [0.5, 0.6) is 5.75 Å². The number of phenols is 1. The number of piperidine rings is 1. The van der Waals surface area contributed by atoms with Gasteiger partial charge in [0.2, 0.25) is 0 Å². The summed E-state index contributed by atoms with van der Waals surface area (Å²) in [7, 11) is 0. The van der Waals surface area contributed by atoms with Gasteiger partial charge >= 0.3 is 6.03 Å². The van der Waals surface area contributed by atoms with E-state index in [-0.39, 0.29) is 18.2 Å². The van der Waals surface area contributed by atoms with Crippen molar-refractivity contribution in [2.75, 3.05) is 32.7 Å². The average molecular weight is 432 g/mol. The van der Waals surface area contributed by atoms with Crippen LogP contribution in [0.1, 0.15) is 75.2 Å². The third-order valence-corrected chi connectivity index (χ3v) is 7.00. The maximum atomic E-state index is 13.1. The summed E-state index contributed by atoms with van der Waals surface area (Å²) in [6, 6.07) is 4.18. The van der Waals surface area contributed by atoms with E-state index >= 15 is 0 Å². The maximum Gasteiger partial charge on any atom is 0.319 e. The number of hydrogen-bond acceptors (Lipinski definition) is 4. The van der Waals surface area contributed by atoms with Gasteiger partial charge < -0.3 is 25.4 Å². The number of likely N-dealkylation sites (tertiary alicyclic amines) is 1. The van der Waals surface area contributed by atoms with Gasteiger partial charge in [-0.05, 0) is 49.7 Å². The molecule has 1 fully saturated rings. The number of nitrogens with zero attached hydrogens (tertiary/aromatic N) is 2. The van der Waals surface area contributed by atoms with Crippen molar-refractivity contribution < 1.29 is 14.6 Å². The number of aromatic hydroxyl groups is 1. The quantitative estimate of drug-likeness (QED) is 0.640. The summed E-state index contributed by atoms with van der Waals surface area (Å²) in [5, 5.41) is 10.6. The number of aryl methyl sites for hydroxylation is 1. The Labute approximate surface area is 187 Å². The van der Waals surface area contributed by atoms with E-state index in [9.17, 15) is 9.90 Å². The Kier molecular flexibility index (Phi) is 8.61. The monoisotopic (exact) mass is 431 g/mol. The first-order valence-corrected chi connectivity index (χ1v) is 12.2. The highest BCUT2D eigenvalue weighted by Gasteiger charge is 2.36. The fourth-order valence-corrected chi connectivity index (χ4v) is 4.94. The van der Waals surface area contributed by atoms with E-state index in [1.54, 1.807) is 0 Å². The lowest BCUT2D eigenvalue weighted by atomic mass is 9.83. The summed E-state index contributed by atoms with van der Waals surface area (Å²) in [6.45, 7) is 9.95. The van der Waals surface area contributed by atoms with Crippen LogP contribution in [0.25, 0.3) is 0 Å². The molecule has 0 bridgehead atoms. The smallest absolute Gasteiger partial charge is 0.319 e. The highest BCUT2D eigenvalue weighted by molar-refractivity contribution is 5.74. The zero-order chi connectivity index (χ0) is 22.4. The predicted octanol–water partition coefficient (Wildman–Crippen LogP) is 4.38. The van der Waals surface area contributed by atoms with Crippen LogP contribution in [0.15, 0.2) is 12.1 Å². The van der Waals surface area contributed by atoms with Crippen LogP contribution in [0.4, 0.5) is 4.79 Å². The zero-order valence-corrected chi connectivity index (χ0v) is 19.6. The number of hydrogen-bond donors (Lipinski definition) is 2. The van der Waals surface area contributed by atoms with Crippen LogP contribution < -0.4 is 5.73 Å². The molecule has 0 spiro atoms. The normalized spacial score (nSPS) is 21.7. The zero-order valence-electron chi connectivity index (χ0n) is 19.6. The Hall–Kier alpha value is -1.79. The van der Waals surface area contributed by atoms with E-state index < -0.39 is 0 Å². The van der Waals surface area contributed by atoms with Gasteiger partial charge in [0, 0.05) is 44.7 Å². The van der Waals surface area contributed by atoms with E-state index in [0.29, 0.717) is 18.2 Å². The lowest BCUT2D eigenvalue weighted by molar-refractivity contribution is -0.0631. The summed E-state index contributed by atoms with van der Waals surface area (Å²) in [6.07, 6.45) is 6.79. The Morgan fingerprint density at radius 2 is 1.84 bits per heavy atom. The van der Waals surface area contributed by atoms with E-state index in [4.69, 9.17) is 10.5 Å². The largest absolute Gasteiger partial charge is 0.507 e. The van der Waals surface area contributed by atoms with Crippen LogP contribution in [0.2, 0.25) is 0 Å². The molecule has 6 heteroatoms. The number of ether oxygens (including phenoxy) is 1. The molecule has 6 nitrogen and oxygen atoms in total. The van der Waals surface area contributed by atoms with Gasteiger partial charge in [0.05, 0.1) is 12.2 Å². The van der Waals surface area contributed by atoms with Crippen LogP contribution in [-0.4, -0.2) is 59.8 Å². The van der Waals surface area contributed by atoms with Crippen LogP contribution in [-0.2, 0) is 11.2 Å². The first-order chi connectivity index (χ1) is 15.0. The van der Waals surface area contributed by atoms with Crippen LogP contribution in [0.3, 0.4) is 0 Å². The molecule has 0 aromatic heterocycles. The molecule has 31 heavy (non-hydrogen) atoms. The summed E-state index contributed by atoms with van der Waals surface area (Å²) in [5.41, 5.74) is 8.93. The van der Waals surface area contributed by atoms with E-state index in [1.807, 2.05) is 28.9 Å². The first kappa shape index (κ1) is 23.9. The number of carbonyl (C=O) groups is 1. The molecule has 0 saturated carbocycles. The van der Waals surface area contributed by atoms with Gasteiger partial charge in [-0.15, -0.1) is 0 Å². The van der Waals surface area contributed by atoms with Gasteiger partial charge in [0.15, 0.2) is 0 Å². The van der Waals surface area contributed by atoms with E-state index in [1.165, 1.54) is 0 Å². The number of nitrogens with two attached hydrogens (primary N) is 1. The molecular weight excluding hydrogens is 390 g/mol. The molecule has 3 N–H and O–H groups in total. The minimum atomic E-state index is -0.168. The third-order valence-electron chi connectivity index (χ3n) is 7.00. The highest BCUT2D eigenvalue weighted by atomic mass is 16.5. The molecule has 2 aliphatic heterocycles. The standard InChI is InChI=1S/C25H41N3O3/c1-4-6-12-27(13-7-5-2)25(30)28-14-10-19(11-15-28)22-16-21-20(23(17-26)31-22)9-8-18(3)24(21)29/h8-9,19,22-23,29H,4-7,10-17,26H2,1-3H3. The third kappa shape index (κ3) is 5.53. The van der Waals surface area contributed by atoms with E-state index in [2.05, 4.69) is 13.8 Å². The van der Waals surface area contributed by atoms with Crippen molar-refractivity contribution in [3.8, 4) is 5.75 Å². The number of phenolic OH excluding ortho intramolecular Hbond substituents is 1. The lowest BCUT2D eigenvalue weighted by Gasteiger charge is -2.41. The molecule has 0 radical (unpaired) electrons. The Bertz CT molecular complexity index is 723. The number of rotatable bonds is 8. The number of benzene rings is 1. The summed E-state index contributed by atoms with van der Waals surface area (Å²) < 4.78 is 6.40. The lowest BCUT2D eigenvalue weighted by Crippen LogP contribution is -2.49. The van der Waals surface area contributed by atoms with Crippen molar-refractivity contribution >= 4 is 6.03 Å². The van der Waals surface area contributed by atoms with Gasteiger partial charge in [0.1, 0.15) is 5.75 Å². The van der Waals surface area contributed by atoms with Gasteiger partial charge in [0.25, 0.3) is 0 Å². The second kappa shape index (κ2) is 11.2. The Balaban J connectivity index is 1.62. The van der Waals surface area contributed by atoms with Gasteiger partial charge in [-0.3, -0.25) is 0 Å². The molecule has 2 amide bonds. The SMILES string of the molecule is CCCCN(CCCC)C(=O)N1CCC(C2Cc3c(ccc(C)c3O)C(CN)O2)CC1. The second-order valence-electron chi connectivity index (χ2n) is 9.20. The molecule has 174 valence electrons. The molecule has 1 aromatic carbocycles. The maximum absolute atomic E-state index is 13.1. The van der Waals surface area contributed by atoms with Crippen molar-refractivity contribution in [1.29, 1.82) is 0 Å². The van der Waals surface area contributed by atoms with Crippen LogP contribution in [0, 0.1) is 12.8 Å². The van der Waals surface area contributed by atoms with Crippen LogP contribution >= 0.6 is 0 Å². The van der Waals surface area contributed by atoms with E-state index in [0.717, 1.165) is 87.8 Å². The fraction of sp³-hybridized carbons (Fsp3) is 0.720. The molecule has 1 saturated heterocycles. The van der Waals surface area contributed by atoms with Gasteiger partial charge in [-0.25, -0.2) is 4.79 Å². The minimum absolute atomic E-state index is 0.0438. The molecule has 1 aromatic rings. The van der Waals surface area contributed by atoms with Gasteiger partial charge in [-0.1, -0.05) is 38.8 Å². The highest BCUT2D eigenvalue weighted by Crippen LogP contribution is 2.40. The predicted molar refractivity (Wildman–Crippen MR) is 124 cm³/mol. The van der Waals surface area contributed by atoms with Crippen molar-refractivity contribution in [2.24, 2.45) is 11.7 Å². The second-order valence-corrected chi connectivity index (χ2v) is 9.20. The summed E-state index contributed by atoms with van der Waals surface area (Å²) in [5.74, 6) is 0.769. The molecule has 2 aliphatic rings. The number of amides is 2. The van der Waals surface area contributed by atoms with Crippen molar-refractivity contribution in [3.63, 3.8) is 0 Å². The number of unbranched alkanes of at least 4 members (excludes halogenated alkanes) is 2. The van der Waals surface area contributed by atoms with Gasteiger partial charge in [-0.2, -0.15) is 0 Å². The summed E-state index contributed by atoms with van der Waals surface area (Å²) >= 11 is 0. The molecular formula is C25H41N3O3. The number of carbonyl (C=O) groups excluding carboxylic acids is 1. The first-order valence-electron chi connectivity index (χ1n) is 12.2. The summed E-state index contributed by atoms with van der Waals surface area (Å²) in [4.78, 5) is 17.2. The molecule has 3 rings (SSSR count). The topological polar surface area (TPSA) is 79.0 Å². The van der Waals surface area contributed by atoms with Crippen molar-refractivity contribution in [3.05, 3.63) is 28.8 Å². The molecule has 2 atom stereocenters. The fourth-order valence-electron chi connectivity index (χ4n) is 4.94.